The Bertz CT molecular complexity index is 962. The number of aliphatic hydroxyl groups is 1. The maximum absolute atomic E-state index is 13.0. The number of hydrogen-bond donors (Lipinski definition) is 1. The lowest BCUT2D eigenvalue weighted by Gasteiger charge is -2.43. The molecule has 2 fully saturated rings. The maximum Gasteiger partial charge on any atom is 0.416 e. The topological polar surface area (TPSA) is 82.7 Å². The van der Waals surface area contributed by atoms with Gasteiger partial charge in [-0.1, -0.05) is 38.1 Å². The molecular weight excluding hydrogens is 425 g/mol. The Labute approximate surface area is 184 Å². The Morgan fingerprint density at radius 3 is 2.16 bits per heavy atom. The molecular formula is C22H27F3N4O3. The van der Waals surface area contributed by atoms with Crippen molar-refractivity contribution >= 4 is 6.03 Å². The van der Waals surface area contributed by atoms with Gasteiger partial charge in [0.1, 0.15) is 0 Å². The van der Waals surface area contributed by atoms with Gasteiger partial charge in [-0.25, -0.2) is 4.79 Å². The predicted octanol–water partition coefficient (Wildman–Crippen LogP) is 3.76. The van der Waals surface area contributed by atoms with Gasteiger partial charge in [-0.15, -0.1) is 0 Å². The largest absolute Gasteiger partial charge is 0.416 e. The van der Waals surface area contributed by atoms with E-state index in [9.17, 15) is 23.1 Å². The third-order valence-electron chi connectivity index (χ3n) is 6.03. The first-order valence-corrected chi connectivity index (χ1v) is 10.6. The van der Waals surface area contributed by atoms with Gasteiger partial charge in [0.15, 0.2) is 5.82 Å². The molecule has 2 atom stereocenters. The number of β-amino-alcohol motifs (C(OH)–C–C–N with tert-alkyl or cyclic N) is 1. The van der Waals surface area contributed by atoms with Crippen molar-refractivity contribution in [1.29, 1.82) is 0 Å². The van der Waals surface area contributed by atoms with Crippen molar-refractivity contribution < 1.29 is 27.6 Å². The summed E-state index contributed by atoms with van der Waals surface area (Å²) >= 11 is 0. The zero-order valence-corrected chi connectivity index (χ0v) is 18.3. The van der Waals surface area contributed by atoms with Gasteiger partial charge in [0, 0.05) is 24.4 Å². The van der Waals surface area contributed by atoms with Crippen molar-refractivity contribution in [3.8, 4) is 0 Å². The van der Waals surface area contributed by atoms with E-state index < -0.39 is 17.8 Å². The fraction of sp³-hybridized carbons (Fsp3) is 0.591. The second kappa shape index (κ2) is 8.06. The highest BCUT2D eigenvalue weighted by molar-refractivity contribution is 5.75. The van der Waals surface area contributed by atoms with Crippen LogP contribution in [-0.2, 0) is 11.6 Å². The van der Waals surface area contributed by atoms with Gasteiger partial charge >= 0.3 is 12.2 Å². The quantitative estimate of drug-likeness (QED) is 0.750. The average molecular weight is 452 g/mol. The molecule has 3 heterocycles. The minimum atomic E-state index is -4.40. The number of rotatable bonds is 2. The molecule has 0 bridgehead atoms. The number of nitrogens with zero attached hydrogens (tertiary/aromatic N) is 4. The lowest BCUT2D eigenvalue weighted by atomic mass is 9.84. The molecule has 1 aromatic carbocycles. The number of benzene rings is 1. The van der Waals surface area contributed by atoms with Gasteiger partial charge in [0.2, 0.25) is 5.89 Å². The molecule has 174 valence electrons. The molecule has 1 aromatic heterocycles. The highest BCUT2D eigenvalue weighted by Gasteiger charge is 2.39. The number of piperidine rings is 1. The summed E-state index contributed by atoms with van der Waals surface area (Å²) in [7, 11) is 0. The van der Waals surface area contributed by atoms with Crippen molar-refractivity contribution in [3.05, 3.63) is 47.1 Å². The van der Waals surface area contributed by atoms with Crippen molar-refractivity contribution in [2.24, 2.45) is 0 Å². The Balaban J connectivity index is 1.59. The molecule has 2 aromatic rings. The number of alkyl halides is 3. The van der Waals surface area contributed by atoms with Gasteiger partial charge < -0.3 is 19.4 Å². The van der Waals surface area contributed by atoms with Crippen LogP contribution in [0.15, 0.2) is 28.8 Å². The Morgan fingerprint density at radius 2 is 1.62 bits per heavy atom. The molecule has 0 aliphatic carbocycles. The number of carbonyl (C=O) groups is 1. The number of likely N-dealkylation sites (tertiary alicyclic amines) is 2. The van der Waals surface area contributed by atoms with Crippen LogP contribution in [0, 0.1) is 0 Å². The average Bonchev–Trinajstić information content (AvgIpc) is 3.21. The van der Waals surface area contributed by atoms with E-state index in [4.69, 9.17) is 4.52 Å². The number of urea groups is 1. The molecule has 4 rings (SSSR count). The molecule has 2 aliphatic rings. The molecule has 7 nitrogen and oxygen atoms in total. The van der Waals surface area contributed by atoms with E-state index in [1.807, 2.05) is 20.8 Å². The van der Waals surface area contributed by atoms with Crippen LogP contribution in [0.3, 0.4) is 0 Å². The van der Waals surface area contributed by atoms with E-state index >= 15 is 0 Å². The van der Waals surface area contributed by atoms with E-state index in [1.165, 1.54) is 12.1 Å². The highest BCUT2D eigenvalue weighted by atomic mass is 19.4. The fourth-order valence-electron chi connectivity index (χ4n) is 4.14. The van der Waals surface area contributed by atoms with E-state index in [0.29, 0.717) is 31.2 Å². The highest BCUT2D eigenvalue weighted by Crippen LogP contribution is 2.38. The van der Waals surface area contributed by atoms with E-state index in [-0.39, 0.29) is 36.4 Å². The monoisotopic (exact) mass is 452 g/mol. The Kier molecular flexibility index (Phi) is 5.68. The first-order chi connectivity index (χ1) is 14.9. The number of halogens is 3. The Morgan fingerprint density at radius 1 is 1.03 bits per heavy atom. The number of amides is 2. The van der Waals surface area contributed by atoms with Crippen LogP contribution in [0.25, 0.3) is 0 Å². The minimum absolute atomic E-state index is 0.184. The zero-order valence-electron chi connectivity index (χ0n) is 18.3. The normalized spacial score (nSPS) is 22.7. The molecule has 2 saturated heterocycles. The van der Waals surface area contributed by atoms with Crippen LogP contribution in [0.5, 0.6) is 0 Å². The molecule has 10 heteroatoms. The van der Waals surface area contributed by atoms with Crippen LogP contribution in [0.2, 0.25) is 0 Å². The van der Waals surface area contributed by atoms with Crippen molar-refractivity contribution in [2.45, 2.75) is 56.7 Å². The number of carbonyl (C=O) groups excluding carboxylic acids is 1. The summed E-state index contributed by atoms with van der Waals surface area (Å²) in [6.45, 7) is 7.21. The smallest absolute Gasteiger partial charge is 0.389 e. The van der Waals surface area contributed by atoms with Crippen LogP contribution < -0.4 is 0 Å². The standard InChI is InChI=1S/C22H27F3N4O3/c1-21(2,3)19-26-18(32-27-19)15-8-14(13-4-6-16(7-5-13)22(23,24)25)9-28(10-15)20(31)29-11-17(30)12-29/h4-7,14-15,17,30H,8-12H2,1-3H3. The molecule has 1 N–H and O–H groups in total. The Hall–Kier alpha value is -2.62. The zero-order chi connectivity index (χ0) is 23.3. The summed E-state index contributed by atoms with van der Waals surface area (Å²) in [4.78, 5) is 20.7. The predicted molar refractivity (Wildman–Crippen MR) is 109 cm³/mol. The molecule has 0 saturated carbocycles. The summed E-state index contributed by atoms with van der Waals surface area (Å²) in [5, 5.41) is 13.6. The molecule has 2 unspecified atom stereocenters. The molecule has 2 aliphatic heterocycles. The van der Waals surface area contributed by atoms with E-state index in [0.717, 1.165) is 17.7 Å². The third-order valence-corrected chi connectivity index (χ3v) is 6.03. The summed E-state index contributed by atoms with van der Waals surface area (Å²) in [5.74, 6) is 0.562. The van der Waals surface area contributed by atoms with Gasteiger partial charge in [-0.2, -0.15) is 18.2 Å². The van der Waals surface area contributed by atoms with Crippen molar-refractivity contribution in [2.75, 3.05) is 26.2 Å². The molecule has 0 spiro atoms. The summed E-state index contributed by atoms with van der Waals surface area (Å²) in [5.41, 5.74) is -0.283. The van der Waals surface area contributed by atoms with Gasteiger partial charge in [0.05, 0.1) is 30.7 Å². The first-order valence-electron chi connectivity index (χ1n) is 10.6. The lowest BCUT2D eigenvalue weighted by molar-refractivity contribution is -0.137. The van der Waals surface area contributed by atoms with Crippen LogP contribution in [-0.4, -0.2) is 63.4 Å². The second-order valence-electron chi connectivity index (χ2n) is 9.70. The minimum Gasteiger partial charge on any atom is -0.389 e. The van der Waals surface area contributed by atoms with Crippen LogP contribution >= 0.6 is 0 Å². The van der Waals surface area contributed by atoms with E-state index in [1.54, 1.807) is 9.80 Å². The SMILES string of the molecule is CC(C)(C)c1noc(C2CC(c3ccc(C(F)(F)F)cc3)CN(C(=O)N3CC(O)C3)C2)n1. The summed E-state index contributed by atoms with van der Waals surface area (Å²) < 4.78 is 44.4. The fourth-order valence-corrected chi connectivity index (χ4v) is 4.14. The maximum atomic E-state index is 13.0. The number of aliphatic hydroxyl groups excluding tert-OH is 1. The van der Waals surface area contributed by atoms with Crippen molar-refractivity contribution in [3.63, 3.8) is 0 Å². The summed E-state index contributed by atoms with van der Waals surface area (Å²) in [6.07, 6.45) is -4.35. The molecule has 0 radical (unpaired) electrons. The van der Waals surface area contributed by atoms with Crippen LogP contribution in [0.1, 0.15) is 61.9 Å². The second-order valence-corrected chi connectivity index (χ2v) is 9.70. The van der Waals surface area contributed by atoms with Gasteiger partial charge in [-0.05, 0) is 24.1 Å². The third kappa shape index (κ3) is 4.60. The number of aromatic nitrogens is 2. The van der Waals surface area contributed by atoms with Gasteiger partial charge in [0.25, 0.3) is 0 Å². The van der Waals surface area contributed by atoms with Crippen molar-refractivity contribution in [1.82, 2.24) is 19.9 Å². The summed E-state index contributed by atoms with van der Waals surface area (Å²) in [6, 6.07) is 4.89. The molecule has 2 amide bonds. The number of hydrogen-bond acceptors (Lipinski definition) is 5. The first kappa shape index (κ1) is 22.6. The van der Waals surface area contributed by atoms with Crippen LogP contribution in [0.4, 0.5) is 18.0 Å². The van der Waals surface area contributed by atoms with Gasteiger partial charge in [-0.3, -0.25) is 0 Å². The lowest BCUT2D eigenvalue weighted by Crippen LogP contribution is -2.59. The molecule has 32 heavy (non-hydrogen) atoms. The van der Waals surface area contributed by atoms with E-state index in [2.05, 4.69) is 10.1 Å².